The van der Waals surface area contributed by atoms with Gasteiger partial charge in [-0.05, 0) is 19.1 Å². The summed E-state index contributed by atoms with van der Waals surface area (Å²) in [5, 5.41) is 2.80. The number of ether oxygens (including phenoxy) is 1. The molecule has 0 aliphatic carbocycles. The molecule has 0 heterocycles. The van der Waals surface area contributed by atoms with Crippen LogP contribution in [0.5, 0.6) is 5.75 Å². The number of carbonyl (C=O) groups is 1. The number of carbonyl (C=O) groups excluding carboxylic acids is 1. The van der Waals surface area contributed by atoms with Gasteiger partial charge in [0.25, 0.3) is 0 Å². The zero-order valence-electron chi connectivity index (χ0n) is 10.1. The molecule has 0 aliphatic heterocycles. The van der Waals surface area contributed by atoms with Crippen molar-refractivity contribution in [1.82, 2.24) is 0 Å². The number of thioether (sulfide) groups is 1. The first-order valence-corrected chi connectivity index (χ1v) is 7.07. The van der Waals surface area contributed by atoms with Gasteiger partial charge >= 0.3 is 0 Å². The highest BCUT2D eigenvalue weighted by molar-refractivity contribution is 8.01. The Hall–Kier alpha value is -1.27. The second-order valence-corrected chi connectivity index (χ2v) is 4.95. The zero-order valence-corrected chi connectivity index (χ0v) is 11.8. The van der Waals surface area contributed by atoms with Crippen LogP contribution in [0.3, 0.4) is 0 Å². The lowest BCUT2D eigenvalue weighted by molar-refractivity contribution is -0.113. The van der Waals surface area contributed by atoms with Crippen molar-refractivity contribution in [3.63, 3.8) is 0 Å². The molecule has 0 radical (unpaired) electrons. The molecule has 3 N–H and O–H groups in total. The van der Waals surface area contributed by atoms with Crippen LogP contribution in [-0.4, -0.2) is 29.0 Å². The van der Waals surface area contributed by atoms with E-state index in [1.54, 1.807) is 6.07 Å². The van der Waals surface area contributed by atoms with Gasteiger partial charge in [-0.15, -0.1) is 11.8 Å². The first-order valence-electron chi connectivity index (χ1n) is 5.51. The average molecular weight is 284 g/mol. The lowest BCUT2D eigenvalue weighted by atomic mass is 10.3. The molecule has 1 aromatic rings. The van der Waals surface area contributed by atoms with Gasteiger partial charge in [-0.25, -0.2) is 0 Å². The molecular formula is C12H16N2O2S2. The summed E-state index contributed by atoms with van der Waals surface area (Å²) < 4.78 is 5.42. The molecule has 1 amide bonds. The quantitative estimate of drug-likeness (QED) is 0.750. The number of hydrogen-bond acceptors (Lipinski definition) is 4. The van der Waals surface area contributed by atoms with E-state index in [2.05, 4.69) is 5.32 Å². The standard InChI is InChI=1S/C12H16N2O2S2/c1-2-16-10-6-4-3-5-9(10)14-12(15)8-18-7-11(13)17/h3-6H,2,7-8H2,1H3,(H2,13,17)(H,14,15). The van der Waals surface area contributed by atoms with Crippen molar-refractivity contribution in [2.24, 2.45) is 5.73 Å². The lowest BCUT2D eigenvalue weighted by Crippen LogP contribution is -2.17. The summed E-state index contributed by atoms with van der Waals surface area (Å²) in [6, 6.07) is 7.34. The lowest BCUT2D eigenvalue weighted by Gasteiger charge is -2.10. The normalized spacial score (nSPS) is 9.83. The fourth-order valence-corrected chi connectivity index (χ4v) is 2.09. The third-order valence-corrected chi connectivity index (χ3v) is 3.25. The summed E-state index contributed by atoms with van der Waals surface area (Å²) in [5.74, 6) is 1.41. The number of anilines is 1. The largest absolute Gasteiger partial charge is 0.492 e. The van der Waals surface area contributed by atoms with Crippen LogP contribution in [-0.2, 0) is 4.79 Å². The van der Waals surface area contributed by atoms with E-state index in [1.807, 2.05) is 25.1 Å². The molecule has 0 unspecified atom stereocenters. The maximum absolute atomic E-state index is 11.7. The summed E-state index contributed by atoms with van der Waals surface area (Å²) in [4.78, 5) is 12.1. The highest BCUT2D eigenvalue weighted by Crippen LogP contribution is 2.23. The van der Waals surface area contributed by atoms with E-state index in [0.717, 1.165) is 0 Å². The summed E-state index contributed by atoms with van der Waals surface area (Å²) in [7, 11) is 0. The van der Waals surface area contributed by atoms with Gasteiger partial charge in [-0.2, -0.15) is 0 Å². The number of para-hydroxylation sites is 2. The monoisotopic (exact) mass is 284 g/mol. The van der Waals surface area contributed by atoms with Crippen LogP contribution in [0.2, 0.25) is 0 Å². The predicted molar refractivity (Wildman–Crippen MR) is 80.4 cm³/mol. The molecular weight excluding hydrogens is 268 g/mol. The molecule has 98 valence electrons. The van der Waals surface area contributed by atoms with Crippen LogP contribution in [0.15, 0.2) is 24.3 Å². The highest BCUT2D eigenvalue weighted by atomic mass is 32.2. The third kappa shape index (κ3) is 5.37. The number of rotatable bonds is 7. The molecule has 0 saturated carbocycles. The van der Waals surface area contributed by atoms with Crippen molar-refractivity contribution in [2.75, 3.05) is 23.4 Å². The van der Waals surface area contributed by atoms with E-state index < -0.39 is 0 Å². The van der Waals surface area contributed by atoms with E-state index in [4.69, 9.17) is 22.7 Å². The van der Waals surface area contributed by atoms with Gasteiger partial charge in [-0.1, -0.05) is 24.4 Å². The summed E-state index contributed by atoms with van der Waals surface area (Å²) in [6.07, 6.45) is 0. The van der Waals surface area contributed by atoms with Crippen LogP contribution in [0.1, 0.15) is 6.92 Å². The van der Waals surface area contributed by atoms with Crippen molar-refractivity contribution in [1.29, 1.82) is 0 Å². The summed E-state index contributed by atoms with van der Waals surface area (Å²) in [6.45, 7) is 2.46. The van der Waals surface area contributed by atoms with Crippen LogP contribution < -0.4 is 15.8 Å². The van der Waals surface area contributed by atoms with Crippen LogP contribution in [0.4, 0.5) is 5.69 Å². The van der Waals surface area contributed by atoms with Gasteiger partial charge in [0.2, 0.25) is 5.91 Å². The van der Waals surface area contributed by atoms with E-state index in [-0.39, 0.29) is 5.91 Å². The van der Waals surface area contributed by atoms with Gasteiger partial charge < -0.3 is 15.8 Å². The van der Waals surface area contributed by atoms with E-state index in [0.29, 0.717) is 34.5 Å². The number of nitrogens with two attached hydrogens (primary N) is 1. The minimum atomic E-state index is -0.0941. The third-order valence-electron chi connectivity index (χ3n) is 1.94. The Morgan fingerprint density at radius 3 is 2.83 bits per heavy atom. The van der Waals surface area contributed by atoms with Crippen molar-refractivity contribution >= 4 is 40.6 Å². The number of benzene rings is 1. The number of thiocarbonyl (C=S) groups is 1. The number of hydrogen-bond donors (Lipinski definition) is 2. The topological polar surface area (TPSA) is 64.3 Å². The molecule has 0 aromatic heterocycles. The Balaban J connectivity index is 2.50. The Kier molecular flexibility index (Phi) is 6.53. The maximum atomic E-state index is 11.7. The van der Waals surface area contributed by atoms with Gasteiger partial charge in [0.05, 0.1) is 23.0 Å². The van der Waals surface area contributed by atoms with Crippen LogP contribution in [0.25, 0.3) is 0 Å². The smallest absolute Gasteiger partial charge is 0.234 e. The van der Waals surface area contributed by atoms with Crippen molar-refractivity contribution in [2.45, 2.75) is 6.92 Å². The molecule has 1 rings (SSSR count). The molecule has 6 heteroatoms. The SMILES string of the molecule is CCOc1ccccc1NC(=O)CSCC(N)=S. The average Bonchev–Trinajstić information content (AvgIpc) is 2.31. The van der Waals surface area contributed by atoms with E-state index in [1.165, 1.54) is 11.8 Å². The molecule has 0 aliphatic rings. The van der Waals surface area contributed by atoms with E-state index >= 15 is 0 Å². The molecule has 4 nitrogen and oxygen atoms in total. The second kappa shape index (κ2) is 7.94. The van der Waals surface area contributed by atoms with Gasteiger partial charge in [0.15, 0.2) is 0 Å². The molecule has 0 atom stereocenters. The number of nitrogens with one attached hydrogen (secondary N) is 1. The first-order chi connectivity index (χ1) is 8.63. The van der Waals surface area contributed by atoms with Crippen molar-refractivity contribution in [3.8, 4) is 5.75 Å². The molecule has 0 saturated heterocycles. The Labute approximate surface area is 116 Å². The second-order valence-electron chi connectivity index (χ2n) is 3.44. The summed E-state index contributed by atoms with van der Waals surface area (Å²) in [5.41, 5.74) is 6.03. The predicted octanol–water partition coefficient (Wildman–Crippen LogP) is 2.04. The minimum Gasteiger partial charge on any atom is -0.492 e. The molecule has 1 aromatic carbocycles. The number of amides is 1. The van der Waals surface area contributed by atoms with Gasteiger partial charge in [0.1, 0.15) is 5.75 Å². The van der Waals surface area contributed by atoms with Crippen molar-refractivity contribution in [3.05, 3.63) is 24.3 Å². The molecule has 0 fully saturated rings. The fourth-order valence-electron chi connectivity index (χ4n) is 1.28. The maximum Gasteiger partial charge on any atom is 0.234 e. The molecule has 18 heavy (non-hydrogen) atoms. The van der Waals surface area contributed by atoms with E-state index in [9.17, 15) is 4.79 Å². The highest BCUT2D eigenvalue weighted by Gasteiger charge is 2.07. The van der Waals surface area contributed by atoms with Crippen LogP contribution in [0, 0.1) is 0 Å². The molecule has 0 spiro atoms. The van der Waals surface area contributed by atoms with Crippen molar-refractivity contribution < 1.29 is 9.53 Å². The Morgan fingerprint density at radius 2 is 2.17 bits per heavy atom. The fraction of sp³-hybridized carbons (Fsp3) is 0.333. The minimum absolute atomic E-state index is 0.0941. The Bertz CT molecular complexity index is 424. The van der Waals surface area contributed by atoms with Crippen LogP contribution >= 0.6 is 24.0 Å². The summed E-state index contributed by atoms with van der Waals surface area (Å²) >= 11 is 6.13. The first kappa shape index (κ1) is 14.8. The van der Waals surface area contributed by atoms with Gasteiger partial charge in [0, 0.05) is 5.75 Å². The van der Waals surface area contributed by atoms with Gasteiger partial charge in [-0.3, -0.25) is 4.79 Å². The molecule has 0 bridgehead atoms. The Morgan fingerprint density at radius 1 is 1.44 bits per heavy atom. The zero-order chi connectivity index (χ0) is 13.4.